The van der Waals surface area contributed by atoms with Gasteiger partial charge in [0.15, 0.2) is 0 Å². The molecule has 0 fully saturated rings. The second kappa shape index (κ2) is 4.36. The van der Waals surface area contributed by atoms with Crippen LogP contribution in [0.5, 0.6) is 0 Å². The highest BCUT2D eigenvalue weighted by atomic mass is 16.4. The molecular formula is C6H14N2O4. The van der Waals surface area contributed by atoms with Crippen LogP contribution in [0.4, 0.5) is 0 Å². The van der Waals surface area contributed by atoms with Crippen LogP contribution in [0, 0.1) is 0 Å². The Morgan fingerprint density at radius 3 is 2.42 bits per heavy atom. The highest BCUT2D eigenvalue weighted by molar-refractivity contribution is 5.76. The van der Waals surface area contributed by atoms with Crippen LogP contribution in [0.3, 0.4) is 0 Å². The van der Waals surface area contributed by atoms with Crippen molar-refractivity contribution in [1.82, 2.24) is 0 Å². The molecule has 0 bridgehead atoms. The van der Waals surface area contributed by atoms with Crippen LogP contribution >= 0.6 is 0 Å². The molecule has 0 aromatic rings. The molecule has 12 heavy (non-hydrogen) atoms. The van der Waals surface area contributed by atoms with Gasteiger partial charge in [-0.3, -0.25) is 5.73 Å². The molecule has 0 aliphatic heterocycles. The maximum Gasteiger partial charge on any atom is 0.353 e. The number of aliphatic hydroxyl groups is 2. The normalized spacial score (nSPS) is 18.3. The number of hydrogen-bond acceptors (Lipinski definition) is 5. The molecule has 0 aliphatic carbocycles. The van der Waals surface area contributed by atoms with Crippen LogP contribution in [0.25, 0.3) is 0 Å². The lowest BCUT2D eigenvalue weighted by Gasteiger charge is -2.23. The molecule has 6 heteroatoms. The number of carboxylic acids is 1. The van der Waals surface area contributed by atoms with Crippen LogP contribution in [0.2, 0.25) is 0 Å². The van der Waals surface area contributed by atoms with E-state index >= 15 is 0 Å². The first-order valence-electron chi connectivity index (χ1n) is 3.55. The fourth-order valence-electron chi connectivity index (χ4n) is 0.674. The van der Waals surface area contributed by atoms with Gasteiger partial charge < -0.3 is 21.1 Å². The Bertz CT molecular complexity index is 160. The van der Waals surface area contributed by atoms with Crippen molar-refractivity contribution in [2.75, 3.05) is 6.54 Å². The Labute approximate surface area is 69.8 Å². The summed E-state index contributed by atoms with van der Waals surface area (Å²) in [5.41, 5.74) is 7.45. The molecule has 72 valence electrons. The zero-order valence-corrected chi connectivity index (χ0v) is 6.60. The molecule has 0 amide bonds. The van der Waals surface area contributed by atoms with E-state index in [0.717, 1.165) is 0 Å². The van der Waals surface area contributed by atoms with E-state index in [1.165, 1.54) is 0 Å². The van der Waals surface area contributed by atoms with E-state index in [1.54, 1.807) is 0 Å². The van der Waals surface area contributed by atoms with Gasteiger partial charge in [0.25, 0.3) is 0 Å². The van der Waals surface area contributed by atoms with E-state index in [-0.39, 0.29) is 6.42 Å². The summed E-state index contributed by atoms with van der Waals surface area (Å²) in [6.45, 7) is 0.312. The minimum atomic E-state index is -2.57. The van der Waals surface area contributed by atoms with Gasteiger partial charge in [-0.2, -0.15) is 0 Å². The fourth-order valence-corrected chi connectivity index (χ4v) is 0.674. The number of rotatable bonds is 5. The summed E-state index contributed by atoms with van der Waals surface area (Å²) in [6.07, 6.45) is -1.01. The Hall–Kier alpha value is -0.690. The Kier molecular flexibility index (Phi) is 4.11. The molecule has 7 N–H and O–H groups in total. The molecule has 0 heterocycles. The number of hydrogen-bond donors (Lipinski definition) is 5. The summed E-state index contributed by atoms with van der Waals surface area (Å²) in [7, 11) is 0. The smallest absolute Gasteiger partial charge is 0.353 e. The molecule has 6 nitrogen and oxygen atoms in total. The lowest BCUT2D eigenvalue weighted by molar-refractivity contribution is -0.171. The Morgan fingerprint density at radius 2 is 2.08 bits per heavy atom. The maximum absolute atomic E-state index is 10.3. The second-order valence-corrected chi connectivity index (χ2v) is 2.58. The minimum absolute atomic E-state index is 0.0653. The average Bonchev–Trinajstić information content (AvgIpc) is 1.99. The molecule has 0 saturated heterocycles. The predicted molar refractivity (Wildman–Crippen MR) is 41.1 cm³/mol. The van der Waals surface area contributed by atoms with Gasteiger partial charge in [0.05, 0.1) is 0 Å². The van der Waals surface area contributed by atoms with Crippen molar-refractivity contribution >= 4 is 5.97 Å². The molecule has 0 rings (SSSR count). The summed E-state index contributed by atoms with van der Waals surface area (Å²) in [6, 6.07) is 0. The van der Waals surface area contributed by atoms with E-state index < -0.39 is 17.8 Å². The number of aliphatic carboxylic acids is 1. The number of carbonyl (C=O) groups is 1. The molecule has 0 unspecified atom stereocenters. The fraction of sp³-hybridized carbons (Fsp3) is 0.833. The first-order chi connectivity index (χ1) is 5.42. The SMILES string of the molecule is NCCC[C@@H](O)[C@@](N)(O)C(=O)O. The number of nitrogens with two attached hydrogens (primary N) is 2. The highest BCUT2D eigenvalue weighted by Crippen LogP contribution is 2.08. The van der Waals surface area contributed by atoms with E-state index in [2.05, 4.69) is 0 Å². The quantitative estimate of drug-likeness (QED) is 0.304. The Morgan fingerprint density at radius 1 is 1.58 bits per heavy atom. The van der Waals surface area contributed by atoms with Gasteiger partial charge >= 0.3 is 5.97 Å². The van der Waals surface area contributed by atoms with Crippen LogP contribution < -0.4 is 11.5 Å². The van der Waals surface area contributed by atoms with Gasteiger partial charge in [0.1, 0.15) is 6.10 Å². The standard InChI is InChI=1S/C6H14N2O4/c7-3-1-2-4(9)6(8,12)5(10)11/h4,9,12H,1-3,7-8H2,(H,10,11)/t4-,6-/m1/s1. The van der Waals surface area contributed by atoms with Crippen molar-refractivity contribution in [3.63, 3.8) is 0 Å². The van der Waals surface area contributed by atoms with Gasteiger partial charge in [-0.05, 0) is 19.4 Å². The van der Waals surface area contributed by atoms with Gasteiger partial charge in [-0.15, -0.1) is 0 Å². The van der Waals surface area contributed by atoms with E-state index in [0.29, 0.717) is 13.0 Å². The maximum atomic E-state index is 10.3. The zero-order chi connectivity index (χ0) is 9.78. The van der Waals surface area contributed by atoms with Crippen molar-refractivity contribution in [1.29, 1.82) is 0 Å². The second-order valence-electron chi connectivity index (χ2n) is 2.58. The van der Waals surface area contributed by atoms with Crippen LogP contribution in [0.1, 0.15) is 12.8 Å². The third-order valence-electron chi connectivity index (χ3n) is 1.53. The van der Waals surface area contributed by atoms with Gasteiger partial charge in [0, 0.05) is 0 Å². The molecule has 0 aliphatic rings. The first kappa shape index (κ1) is 11.3. The molecule has 0 aromatic carbocycles. The predicted octanol–water partition coefficient (Wildman–Crippen LogP) is -2.18. The molecule has 0 radical (unpaired) electrons. The first-order valence-corrected chi connectivity index (χ1v) is 3.55. The van der Waals surface area contributed by atoms with Gasteiger partial charge in [-0.25, -0.2) is 4.79 Å². The molecule has 2 atom stereocenters. The van der Waals surface area contributed by atoms with Crippen molar-refractivity contribution in [3.05, 3.63) is 0 Å². The minimum Gasteiger partial charge on any atom is -0.478 e. The van der Waals surface area contributed by atoms with Crippen LogP contribution in [0.15, 0.2) is 0 Å². The van der Waals surface area contributed by atoms with Crippen LogP contribution in [-0.4, -0.2) is 39.7 Å². The van der Waals surface area contributed by atoms with Crippen molar-refractivity contribution in [2.24, 2.45) is 11.5 Å². The highest BCUT2D eigenvalue weighted by Gasteiger charge is 2.38. The number of aliphatic hydroxyl groups excluding tert-OH is 1. The van der Waals surface area contributed by atoms with E-state index in [1.807, 2.05) is 0 Å². The third kappa shape index (κ3) is 2.74. The summed E-state index contributed by atoms with van der Waals surface area (Å²) in [5, 5.41) is 26.4. The van der Waals surface area contributed by atoms with Crippen LogP contribution in [-0.2, 0) is 4.79 Å². The van der Waals surface area contributed by atoms with Crippen molar-refractivity contribution < 1.29 is 20.1 Å². The third-order valence-corrected chi connectivity index (χ3v) is 1.53. The lowest BCUT2D eigenvalue weighted by atomic mass is 10.0. The summed E-state index contributed by atoms with van der Waals surface area (Å²) in [5.74, 6) is -1.65. The summed E-state index contributed by atoms with van der Waals surface area (Å²) in [4.78, 5) is 10.3. The van der Waals surface area contributed by atoms with E-state index in [4.69, 9.17) is 26.8 Å². The molecular weight excluding hydrogens is 164 g/mol. The molecule has 0 aromatic heterocycles. The molecule has 0 spiro atoms. The van der Waals surface area contributed by atoms with Crippen molar-refractivity contribution in [2.45, 2.75) is 24.7 Å². The van der Waals surface area contributed by atoms with Gasteiger partial charge in [-0.1, -0.05) is 0 Å². The monoisotopic (exact) mass is 178 g/mol. The summed E-state index contributed by atoms with van der Waals surface area (Å²) < 4.78 is 0. The average molecular weight is 178 g/mol. The Balaban J connectivity index is 4.06. The summed E-state index contributed by atoms with van der Waals surface area (Å²) >= 11 is 0. The lowest BCUT2D eigenvalue weighted by Crippen LogP contribution is -2.57. The topological polar surface area (TPSA) is 130 Å². The zero-order valence-electron chi connectivity index (χ0n) is 6.60. The largest absolute Gasteiger partial charge is 0.478 e. The van der Waals surface area contributed by atoms with Crippen molar-refractivity contribution in [3.8, 4) is 0 Å². The number of carboxylic acid groups (broad SMARTS) is 1. The van der Waals surface area contributed by atoms with Gasteiger partial charge in [0.2, 0.25) is 5.72 Å². The van der Waals surface area contributed by atoms with E-state index in [9.17, 15) is 4.79 Å². The molecule has 0 saturated carbocycles.